The van der Waals surface area contributed by atoms with Crippen LogP contribution >= 0.6 is 11.3 Å². The Bertz CT molecular complexity index is 437. The zero-order chi connectivity index (χ0) is 16.4. The number of nitrogens with zero attached hydrogens (tertiary/aromatic N) is 2. The smallest absolute Gasteiger partial charge is 0.190 e. The second-order valence-electron chi connectivity index (χ2n) is 5.75. The molecule has 0 aliphatic rings. The van der Waals surface area contributed by atoms with Gasteiger partial charge in [-0.2, -0.15) is 0 Å². The lowest BCUT2D eigenvalue weighted by Gasteiger charge is -2.11. The van der Waals surface area contributed by atoms with E-state index in [1.165, 1.54) is 9.88 Å². The van der Waals surface area contributed by atoms with Crippen LogP contribution in [-0.4, -0.2) is 44.3 Å². The maximum Gasteiger partial charge on any atom is 0.190 e. The maximum absolute atomic E-state index is 5.56. The van der Waals surface area contributed by atoms with Crippen molar-refractivity contribution in [3.05, 3.63) is 15.6 Å². The quantitative estimate of drug-likeness (QED) is 0.416. The van der Waals surface area contributed by atoms with Gasteiger partial charge in [0.2, 0.25) is 0 Å². The van der Waals surface area contributed by atoms with Gasteiger partial charge < -0.3 is 15.4 Å². The SMILES string of the molecule is CN=C(NCCCOCC(C)C)NCCc1nc(C)c(C)s1. The Hall–Kier alpha value is -1.14. The van der Waals surface area contributed by atoms with Crippen LogP contribution in [0.3, 0.4) is 0 Å². The maximum atomic E-state index is 5.56. The van der Waals surface area contributed by atoms with Gasteiger partial charge >= 0.3 is 0 Å². The first-order chi connectivity index (χ1) is 10.5. The first kappa shape index (κ1) is 18.9. The lowest BCUT2D eigenvalue weighted by Crippen LogP contribution is -2.39. The summed E-state index contributed by atoms with van der Waals surface area (Å²) in [4.78, 5) is 10.1. The zero-order valence-corrected chi connectivity index (χ0v) is 15.3. The number of hydrogen-bond donors (Lipinski definition) is 2. The van der Waals surface area contributed by atoms with E-state index in [0.717, 1.165) is 50.8 Å². The first-order valence-electron chi connectivity index (χ1n) is 7.98. The Labute approximate surface area is 138 Å². The van der Waals surface area contributed by atoms with E-state index in [1.54, 1.807) is 18.4 Å². The number of guanidine groups is 1. The normalized spacial score (nSPS) is 12.0. The largest absolute Gasteiger partial charge is 0.381 e. The number of aryl methyl sites for hydroxylation is 2. The highest BCUT2D eigenvalue weighted by atomic mass is 32.1. The van der Waals surface area contributed by atoms with E-state index in [1.807, 2.05) is 0 Å². The molecule has 0 aromatic carbocycles. The van der Waals surface area contributed by atoms with Gasteiger partial charge in [-0.25, -0.2) is 4.98 Å². The molecular formula is C16H30N4OS. The average Bonchev–Trinajstić information content (AvgIpc) is 2.79. The predicted octanol–water partition coefficient (Wildman–Crippen LogP) is 2.53. The molecule has 0 bridgehead atoms. The third kappa shape index (κ3) is 7.75. The molecule has 2 N–H and O–H groups in total. The van der Waals surface area contributed by atoms with Crippen LogP contribution in [0.15, 0.2) is 4.99 Å². The summed E-state index contributed by atoms with van der Waals surface area (Å²) in [6.07, 6.45) is 1.91. The van der Waals surface area contributed by atoms with Gasteiger partial charge in [-0.15, -0.1) is 11.3 Å². The topological polar surface area (TPSA) is 58.5 Å². The number of nitrogens with one attached hydrogen (secondary N) is 2. The molecule has 0 saturated carbocycles. The molecule has 0 aliphatic carbocycles. The molecule has 0 unspecified atom stereocenters. The predicted molar refractivity (Wildman–Crippen MR) is 94.9 cm³/mol. The molecule has 5 nitrogen and oxygen atoms in total. The number of hydrogen-bond acceptors (Lipinski definition) is 4. The van der Waals surface area contributed by atoms with Gasteiger partial charge in [-0.05, 0) is 26.2 Å². The summed E-state index contributed by atoms with van der Waals surface area (Å²) >= 11 is 1.77. The zero-order valence-electron chi connectivity index (χ0n) is 14.5. The van der Waals surface area contributed by atoms with Gasteiger partial charge in [0, 0.05) is 44.6 Å². The number of ether oxygens (including phenoxy) is 1. The standard InChI is InChI=1S/C16H30N4OS/c1-12(2)11-21-10-6-8-18-16(17-5)19-9-7-15-20-13(3)14(4)22-15/h12H,6-11H2,1-5H3,(H2,17,18,19). The van der Waals surface area contributed by atoms with Crippen molar-refractivity contribution in [1.29, 1.82) is 0 Å². The van der Waals surface area contributed by atoms with E-state index in [2.05, 4.69) is 48.3 Å². The molecule has 0 aliphatic heterocycles. The van der Waals surface area contributed by atoms with Gasteiger partial charge in [0.15, 0.2) is 5.96 Å². The summed E-state index contributed by atoms with van der Waals surface area (Å²) in [5, 5.41) is 7.80. The van der Waals surface area contributed by atoms with Crippen molar-refractivity contribution < 1.29 is 4.74 Å². The monoisotopic (exact) mass is 326 g/mol. The van der Waals surface area contributed by atoms with Gasteiger partial charge in [0.25, 0.3) is 0 Å². The molecule has 22 heavy (non-hydrogen) atoms. The molecule has 6 heteroatoms. The van der Waals surface area contributed by atoms with E-state index in [-0.39, 0.29) is 0 Å². The van der Waals surface area contributed by atoms with Gasteiger partial charge in [-0.3, -0.25) is 4.99 Å². The Morgan fingerprint density at radius 1 is 1.27 bits per heavy atom. The van der Waals surface area contributed by atoms with Crippen molar-refractivity contribution in [2.24, 2.45) is 10.9 Å². The van der Waals surface area contributed by atoms with E-state index >= 15 is 0 Å². The first-order valence-corrected chi connectivity index (χ1v) is 8.79. The van der Waals surface area contributed by atoms with Crippen LogP contribution in [0.2, 0.25) is 0 Å². The molecule has 126 valence electrons. The van der Waals surface area contributed by atoms with Crippen molar-refractivity contribution in [3.8, 4) is 0 Å². The van der Waals surface area contributed by atoms with E-state index < -0.39 is 0 Å². The minimum Gasteiger partial charge on any atom is -0.381 e. The fourth-order valence-corrected chi connectivity index (χ4v) is 2.79. The molecule has 1 heterocycles. The second kappa shape index (κ2) is 10.6. The van der Waals surface area contributed by atoms with E-state index in [9.17, 15) is 0 Å². The molecule has 1 aromatic rings. The third-order valence-electron chi connectivity index (χ3n) is 3.14. The summed E-state index contributed by atoms with van der Waals surface area (Å²) in [7, 11) is 1.79. The van der Waals surface area contributed by atoms with Crippen LogP contribution in [0.1, 0.15) is 35.8 Å². The van der Waals surface area contributed by atoms with Crippen LogP contribution < -0.4 is 10.6 Å². The summed E-state index contributed by atoms with van der Waals surface area (Å²) < 4.78 is 5.56. The van der Waals surface area contributed by atoms with Crippen molar-refractivity contribution >= 4 is 17.3 Å². The minimum atomic E-state index is 0.598. The lowest BCUT2D eigenvalue weighted by molar-refractivity contribution is 0.108. The van der Waals surface area contributed by atoms with Crippen LogP contribution in [-0.2, 0) is 11.2 Å². The van der Waals surface area contributed by atoms with Crippen molar-refractivity contribution in [2.45, 2.75) is 40.5 Å². The molecular weight excluding hydrogens is 296 g/mol. The number of rotatable bonds is 9. The lowest BCUT2D eigenvalue weighted by atomic mass is 10.2. The van der Waals surface area contributed by atoms with Crippen molar-refractivity contribution in [3.63, 3.8) is 0 Å². The molecule has 0 saturated heterocycles. The third-order valence-corrected chi connectivity index (χ3v) is 4.27. The van der Waals surface area contributed by atoms with Gasteiger partial charge in [-0.1, -0.05) is 13.8 Å². The summed E-state index contributed by atoms with van der Waals surface area (Å²) in [6.45, 7) is 11.8. The fourth-order valence-electron chi connectivity index (χ4n) is 1.85. The highest BCUT2D eigenvalue weighted by molar-refractivity contribution is 7.11. The highest BCUT2D eigenvalue weighted by Gasteiger charge is 2.04. The average molecular weight is 327 g/mol. The number of aromatic nitrogens is 1. The molecule has 0 spiro atoms. The fraction of sp³-hybridized carbons (Fsp3) is 0.750. The number of thiazole rings is 1. The second-order valence-corrected chi connectivity index (χ2v) is 7.04. The van der Waals surface area contributed by atoms with Crippen molar-refractivity contribution in [2.75, 3.05) is 33.4 Å². The van der Waals surface area contributed by atoms with Crippen LogP contribution in [0, 0.1) is 19.8 Å². The van der Waals surface area contributed by atoms with Crippen LogP contribution in [0.4, 0.5) is 0 Å². The van der Waals surface area contributed by atoms with Gasteiger partial charge in [0.1, 0.15) is 0 Å². The summed E-state index contributed by atoms with van der Waals surface area (Å²) in [5.74, 6) is 1.44. The van der Waals surface area contributed by atoms with E-state index in [4.69, 9.17) is 4.74 Å². The Balaban J connectivity index is 2.12. The van der Waals surface area contributed by atoms with Gasteiger partial charge in [0.05, 0.1) is 10.7 Å². The molecule has 0 atom stereocenters. The van der Waals surface area contributed by atoms with Crippen LogP contribution in [0.25, 0.3) is 0 Å². The van der Waals surface area contributed by atoms with Crippen molar-refractivity contribution in [1.82, 2.24) is 15.6 Å². The highest BCUT2D eigenvalue weighted by Crippen LogP contribution is 2.16. The van der Waals surface area contributed by atoms with E-state index in [0.29, 0.717) is 5.92 Å². The minimum absolute atomic E-state index is 0.598. The molecule has 1 rings (SSSR count). The molecule has 1 aromatic heterocycles. The molecule has 0 radical (unpaired) electrons. The van der Waals surface area contributed by atoms with Crippen LogP contribution in [0.5, 0.6) is 0 Å². The molecule has 0 fully saturated rings. The Morgan fingerprint density at radius 2 is 2.00 bits per heavy atom. The Kier molecular flexibility index (Phi) is 9.08. The summed E-state index contributed by atoms with van der Waals surface area (Å²) in [5.41, 5.74) is 1.14. The Morgan fingerprint density at radius 3 is 2.59 bits per heavy atom. The molecule has 0 amide bonds. The number of aliphatic imine (C=N–C) groups is 1. The summed E-state index contributed by atoms with van der Waals surface area (Å²) in [6, 6.07) is 0.